The summed E-state index contributed by atoms with van der Waals surface area (Å²) < 4.78 is 5.02. The van der Waals surface area contributed by atoms with Crippen molar-refractivity contribution < 1.29 is 61.2 Å². The van der Waals surface area contributed by atoms with Crippen molar-refractivity contribution in [3.05, 3.63) is 47.2 Å². The van der Waals surface area contributed by atoms with Crippen LogP contribution in [0, 0.1) is 17.2 Å². The van der Waals surface area contributed by atoms with Crippen LogP contribution >= 0.6 is 0 Å². The van der Waals surface area contributed by atoms with Gasteiger partial charge >= 0.3 is 51.4 Å². The summed E-state index contributed by atoms with van der Waals surface area (Å²) >= 11 is 0. The molecule has 0 saturated carbocycles. The molecule has 1 saturated heterocycles. The molecular formula is C23H33KN6O2. The minimum atomic E-state index is -0.0603. The molecule has 1 atom stereocenters. The third-order valence-electron chi connectivity index (χ3n) is 4.52. The third kappa shape index (κ3) is 8.44. The Balaban J connectivity index is 0.000000945. The van der Waals surface area contributed by atoms with Gasteiger partial charge in [-0.2, -0.15) is 0 Å². The smallest absolute Gasteiger partial charge is 0.656 e. The average Bonchev–Trinajstić information content (AvgIpc) is 3.18. The molecular weight excluding hydrogens is 431 g/mol. The summed E-state index contributed by atoms with van der Waals surface area (Å²) in [5.74, 6) is 2.59. The average molecular weight is 465 g/mol. The topological polar surface area (TPSA) is 109 Å². The van der Waals surface area contributed by atoms with Crippen molar-refractivity contribution in [2.45, 2.75) is 34.1 Å². The Labute approximate surface area is 233 Å². The first-order valence-corrected chi connectivity index (χ1v) is 10.5. The predicted octanol–water partition coefficient (Wildman–Crippen LogP) is 1.62. The molecule has 1 aliphatic heterocycles. The number of aromatic hydroxyl groups is 1. The maximum atomic E-state index is 10.3. The predicted molar refractivity (Wildman–Crippen MR) is 125 cm³/mol. The maximum Gasteiger partial charge on any atom is 1.00 e. The number of rotatable bonds is 6. The molecule has 0 bridgehead atoms. The fourth-order valence-corrected chi connectivity index (χ4v) is 2.98. The number of hydrogen-bond acceptors (Lipinski definition) is 7. The molecule has 3 heterocycles. The van der Waals surface area contributed by atoms with Crippen molar-refractivity contribution in [3.63, 3.8) is 0 Å². The summed E-state index contributed by atoms with van der Waals surface area (Å²) in [6.45, 7) is 10.7. The van der Waals surface area contributed by atoms with Gasteiger partial charge in [-0.1, -0.05) is 27.7 Å². The largest absolute Gasteiger partial charge is 1.00 e. The minimum Gasteiger partial charge on any atom is -0.656 e. The molecule has 32 heavy (non-hydrogen) atoms. The number of anilines is 1. The molecule has 2 aromatic heterocycles. The summed E-state index contributed by atoms with van der Waals surface area (Å²) in [5, 5.41) is 30.8. The van der Waals surface area contributed by atoms with Gasteiger partial charge in [0.15, 0.2) is 5.82 Å². The van der Waals surface area contributed by atoms with Crippen LogP contribution in [0.2, 0.25) is 0 Å². The molecule has 9 heteroatoms. The van der Waals surface area contributed by atoms with E-state index in [4.69, 9.17) is 10.1 Å². The number of allylic oxidation sites excluding steroid dienone is 1. The van der Waals surface area contributed by atoms with E-state index in [-0.39, 0.29) is 62.8 Å². The summed E-state index contributed by atoms with van der Waals surface area (Å²) in [4.78, 5) is 6.47. The van der Waals surface area contributed by atoms with Crippen LogP contribution in [0.25, 0.3) is 16.7 Å². The molecule has 168 valence electrons. The van der Waals surface area contributed by atoms with Crippen molar-refractivity contribution >= 4 is 11.5 Å². The van der Waals surface area contributed by atoms with Crippen molar-refractivity contribution in [1.29, 1.82) is 5.41 Å². The zero-order valence-corrected chi connectivity index (χ0v) is 23.4. The number of pyridine rings is 1. The van der Waals surface area contributed by atoms with E-state index in [2.05, 4.69) is 53.1 Å². The minimum absolute atomic E-state index is 0. The van der Waals surface area contributed by atoms with Gasteiger partial charge in [-0.25, -0.2) is 4.98 Å². The van der Waals surface area contributed by atoms with Crippen molar-refractivity contribution in [2.75, 3.05) is 32.1 Å². The first kappa shape index (κ1) is 28.5. The molecule has 0 spiro atoms. The number of ether oxygens (including phenoxy) is 1. The van der Waals surface area contributed by atoms with Crippen LogP contribution < -0.4 is 56.3 Å². The normalized spacial score (nSPS) is 15.5. The van der Waals surface area contributed by atoms with E-state index in [1.54, 1.807) is 13.1 Å². The molecule has 2 N–H and O–H groups in total. The molecule has 3 rings (SSSR count). The fraction of sp³-hybridized carbons (Fsp3) is 0.478. The molecule has 1 aliphatic rings. The van der Waals surface area contributed by atoms with E-state index in [1.165, 1.54) is 25.4 Å². The van der Waals surface area contributed by atoms with Crippen LogP contribution in [0.15, 0.2) is 36.4 Å². The van der Waals surface area contributed by atoms with E-state index in [0.717, 1.165) is 31.2 Å². The molecule has 0 unspecified atom stereocenters. The SMILES string of the molecule is CC(C)C.C[N-]/C(=C\C(=N)c1cnc(-c2ccc(N3CC[C@@H](C)C3)nn2)c(O)c1)OC.[K+]. The van der Waals surface area contributed by atoms with Gasteiger partial charge in [-0.15, -0.1) is 17.2 Å². The summed E-state index contributed by atoms with van der Waals surface area (Å²) in [6.07, 6.45) is 4.13. The number of methoxy groups -OCH3 is 1. The van der Waals surface area contributed by atoms with E-state index in [9.17, 15) is 5.11 Å². The molecule has 0 aromatic carbocycles. The van der Waals surface area contributed by atoms with E-state index >= 15 is 0 Å². The zero-order valence-electron chi connectivity index (χ0n) is 20.3. The summed E-state index contributed by atoms with van der Waals surface area (Å²) in [5.41, 5.74) is 1.40. The Morgan fingerprint density at radius 3 is 2.47 bits per heavy atom. The van der Waals surface area contributed by atoms with Crippen molar-refractivity contribution in [1.82, 2.24) is 15.2 Å². The van der Waals surface area contributed by atoms with Gasteiger partial charge in [-0.05, 0) is 42.5 Å². The summed E-state index contributed by atoms with van der Waals surface area (Å²) in [6, 6.07) is 5.17. The van der Waals surface area contributed by atoms with Crippen LogP contribution in [0.3, 0.4) is 0 Å². The van der Waals surface area contributed by atoms with Crippen molar-refractivity contribution in [2.24, 2.45) is 11.8 Å². The standard InChI is InChI=1S/C19H23N6O2.C4H10.K/c1-12-6-7-25(11-12)17-5-4-15(23-24-17)19-16(26)8-13(10-22-19)14(20)9-18(21-2)27-3;1-4(2)3;/h4-5,8-10,12H,6-7,11H2,1-3H3,(H2-,20,21,23,26);4H,1-3H3;/q-1;;+1/t12-;;/m1../s1. The number of aromatic nitrogens is 3. The molecule has 0 aliphatic carbocycles. The molecule has 0 radical (unpaired) electrons. The Morgan fingerprint density at radius 1 is 1.31 bits per heavy atom. The second-order valence-electron chi connectivity index (χ2n) is 8.26. The van der Waals surface area contributed by atoms with Crippen molar-refractivity contribution in [3.8, 4) is 17.1 Å². The monoisotopic (exact) mass is 464 g/mol. The second kappa shape index (κ2) is 13.9. The van der Waals surface area contributed by atoms with Gasteiger partial charge in [0.2, 0.25) is 0 Å². The van der Waals surface area contributed by atoms with E-state index in [1.807, 2.05) is 6.07 Å². The molecule has 1 fully saturated rings. The van der Waals surface area contributed by atoms with Gasteiger partial charge in [-0.3, -0.25) is 0 Å². The van der Waals surface area contributed by atoms with Gasteiger partial charge in [0, 0.05) is 30.7 Å². The second-order valence-corrected chi connectivity index (χ2v) is 8.26. The van der Waals surface area contributed by atoms with Crippen LogP contribution in [0.5, 0.6) is 5.75 Å². The Kier molecular flexibility index (Phi) is 12.4. The number of nitrogens with one attached hydrogen (secondary N) is 1. The molecule has 2 aromatic rings. The molecule has 0 amide bonds. The van der Waals surface area contributed by atoms with Crippen LogP contribution in [0.4, 0.5) is 5.82 Å². The van der Waals surface area contributed by atoms with Gasteiger partial charge < -0.3 is 25.5 Å². The first-order valence-electron chi connectivity index (χ1n) is 10.5. The van der Waals surface area contributed by atoms with Crippen LogP contribution in [-0.4, -0.2) is 53.2 Å². The van der Waals surface area contributed by atoms with E-state index < -0.39 is 0 Å². The Hall–Kier alpha value is -1.52. The van der Waals surface area contributed by atoms with Crippen LogP contribution in [-0.2, 0) is 4.74 Å². The van der Waals surface area contributed by atoms with Gasteiger partial charge in [0.1, 0.15) is 17.1 Å². The fourth-order valence-electron chi connectivity index (χ4n) is 2.98. The van der Waals surface area contributed by atoms with Gasteiger partial charge in [0.25, 0.3) is 0 Å². The Bertz CT molecular complexity index is 893. The van der Waals surface area contributed by atoms with E-state index in [0.29, 0.717) is 28.8 Å². The van der Waals surface area contributed by atoms with Crippen LogP contribution in [0.1, 0.15) is 39.7 Å². The zero-order chi connectivity index (χ0) is 23.0. The molecule has 8 nitrogen and oxygen atoms in total. The number of nitrogens with zero attached hydrogens (tertiary/aromatic N) is 5. The quantitative estimate of drug-likeness (QED) is 0.382. The number of hydrogen-bond donors (Lipinski definition) is 2. The first-order chi connectivity index (χ1) is 14.7. The van der Waals surface area contributed by atoms with Gasteiger partial charge in [0.05, 0.1) is 12.8 Å². The Morgan fingerprint density at radius 2 is 2.00 bits per heavy atom. The maximum absolute atomic E-state index is 10.3. The third-order valence-corrected chi connectivity index (χ3v) is 4.52. The summed E-state index contributed by atoms with van der Waals surface area (Å²) in [7, 11) is 3.06.